The van der Waals surface area contributed by atoms with Gasteiger partial charge in [0.25, 0.3) is 5.91 Å². The van der Waals surface area contributed by atoms with Crippen LogP contribution in [0.4, 0.5) is 0 Å². The van der Waals surface area contributed by atoms with Gasteiger partial charge in [-0.15, -0.1) is 0 Å². The molecule has 1 amide bonds. The fourth-order valence-corrected chi connectivity index (χ4v) is 4.35. The summed E-state index contributed by atoms with van der Waals surface area (Å²) in [6.07, 6.45) is 2.42. The molecule has 1 fully saturated rings. The number of aryl methyl sites for hydroxylation is 1. The van der Waals surface area contributed by atoms with Crippen LogP contribution in [0.5, 0.6) is 5.75 Å². The maximum absolute atomic E-state index is 12.5. The molecule has 1 aliphatic rings. The van der Waals surface area contributed by atoms with E-state index in [-0.39, 0.29) is 25.6 Å². The molecule has 3 rings (SSSR count). The minimum absolute atomic E-state index is 0.0440. The van der Waals surface area contributed by atoms with Crippen LogP contribution in [0.15, 0.2) is 60.0 Å². The van der Waals surface area contributed by atoms with Gasteiger partial charge in [0.05, 0.1) is 0 Å². The van der Waals surface area contributed by atoms with Crippen LogP contribution in [0.2, 0.25) is 0 Å². The Kier molecular flexibility index (Phi) is 7.06. The van der Waals surface area contributed by atoms with E-state index in [0.29, 0.717) is 13.1 Å². The number of benzene rings is 2. The molecule has 0 saturated carbocycles. The monoisotopic (exact) mass is 414 g/mol. The van der Waals surface area contributed by atoms with E-state index >= 15 is 0 Å². The van der Waals surface area contributed by atoms with Crippen molar-refractivity contribution in [3.8, 4) is 5.75 Å². The van der Waals surface area contributed by atoms with Crippen molar-refractivity contribution in [2.45, 2.75) is 13.3 Å². The molecule has 1 aliphatic heterocycles. The van der Waals surface area contributed by atoms with Gasteiger partial charge in [-0.2, -0.15) is 4.31 Å². The van der Waals surface area contributed by atoms with Gasteiger partial charge in [-0.1, -0.05) is 55.5 Å². The highest BCUT2D eigenvalue weighted by Gasteiger charge is 2.27. The second-order valence-electron chi connectivity index (χ2n) is 6.79. The lowest BCUT2D eigenvalue weighted by Gasteiger charge is -2.33. The third-order valence-electron chi connectivity index (χ3n) is 4.89. The van der Waals surface area contributed by atoms with Crippen LogP contribution in [0.1, 0.15) is 18.1 Å². The van der Waals surface area contributed by atoms with Gasteiger partial charge >= 0.3 is 0 Å². The second kappa shape index (κ2) is 9.71. The van der Waals surface area contributed by atoms with Crippen LogP contribution >= 0.6 is 0 Å². The maximum atomic E-state index is 12.5. The van der Waals surface area contributed by atoms with Gasteiger partial charge in [0.2, 0.25) is 10.0 Å². The minimum atomic E-state index is -3.51. The molecular formula is C22H26N2O4S. The lowest BCUT2D eigenvalue weighted by atomic mass is 10.1. The largest absolute Gasteiger partial charge is 0.483 e. The molecule has 0 aromatic heterocycles. The zero-order valence-electron chi connectivity index (χ0n) is 16.5. The summed E-state index contributed by atoms with van der Waals surface area (Å²) >= 11 is 0. The molecule has 1 saturated heterocycles. The lowest BCUT2D eigenvalue weighted by molar-refractivity contribution is -0.134. The van der Waals surface area contributed by atoms with E-state index in [1.54, 1.807) is 11.0 Å². The van der Waals surface area contributed by atoms with E-state index in [9.17, 15) is 13.2 Å². The van der Waals surface area contributed by atoms with Gasteiger partial charge in [0, 0.05) is 31.6 Å². The number of hydrogen-bond acceptors (Lipinski definition) is 4. The zero-order chi connectivity index (χ0) is 20.7. The number of carbonyl (C=O) groups excluding carboxylic acids is 1. The Morgan fingerprint density at radius 1 is 1.00 bits per heavy atom. The second-order valence-corrected chi connectivity index (χ2v) is 8.61. The number of amides is 1. The molecule has 0 atom stereocenters. The number of rotatable bonds is 7. The van der Waals surface area contributed by atoms with Gasteiger partial charge in [-0.05, 0) is 29.7 Å². The summed E-state index contributed by atoms with van der Waals surface area (Å²) in [6, 6.07) is 17.0. The third-order valence-corrected chi connectivity index (χ3v) is 6.45. The van der Waals surface area contributed by atoms with Crippen molar-refractivity contribution in [2.24, 2.45) is 0 Å². The molecule has 0 aliphatic carbocycles. The van der Waals surface area contributed by atoms with Crippen LogP contribution in [0, 0.1) is 0 Å². The van der Waals surface area contributed by atoms with E-state index in [2.05, 4.69) is 0 Å². The summed E-state index contributed by atoms with van der Waals surface area (Å²) in [5.41, 5.74) is 1.89. The van der Waals surface area contributed by atoms with Gasteiger partial charge in [-0.25, -0.2) is 8.42 Å². The molecule has 29 heavy (non-hydrogen) atoms. The SMILES string of the molecule is CCc1ccccc1OCC(=O)N1CCN(S(=O)(=O)/C=C/c2ccccc2)CC1. The molecule has 6 nitrogen and oxygen atoms in total. The highest BCUT2D eigenvalue weighted by atomic mass is 32.2. The average Bonchev–Trinajstić information content (AvgIpc) is 2.77. The average molecular weight is 415 g/mol. The quantitative estimate of drug-likeness (QED) is 0.699. The Balaban J connectivity index is 1.51. The summed E-state index contributed by atoms with van der Waals surface area (Å²) in [7, 11) is -3.51. The molecule has 0 spiro atoms. The van der Waals surface area contributed by atoms with Crippen molar-refractivity contribution >= 4 is 22.0 Å². The summed E-state index contributed by atoms with van der Waals surface area (Å²) in [6.45, 7) is 3.26. The summed E-state index contributed by atoms with van der Waals surface area (Å²) in [5.74, 6) is 0.586. The molecule has 7 heteroatoms. The van der Waals surface area contributed by atoms with Crippen molar-refractivity contribution in [1.29, 1.82) is 0 Å². The number of ether oxygens (including phenoxy) is 1. The van der Waals surface area contributed by atoms with Crippen molar-refractivity contribution in [1.82, 2.24) is 9.21 Å². The normalized spacial score (nSPS) is 15.6. The Bertz CT molecular complexity index is 950. The van der Waals surface area contributed by atoms with Gasteiger partial charge in [0.15, 0.2) is 6.61 Å². The lowest BCUT2D eigenvalue weighted by Crippen LogP contribution is -2.51. The highest BCUT2D eigenvalue weighted by Crippen LogP contribution is 2.18. The molecule has 0 bridgehead atoms. The third kappa shape index (κ3) is 5.68. The van der Waals surface area contributed by atoms with Crippen LogP contribution in [-0.4, -0.2) is 56.3 Å². The van der Waals surface area contributed by atoms with E-state index in [1.165, 1.54) is 9.71 Å². The van der Waals surface area contributed by atoms with Crippen LogP contribution in [-0.2, 0) is 21.2 Å². The van der Waals surface area contributed by atoms with Gasteiger partial charge in [-0.3, -0.25) is 4.79 Å². The fraction of sp³-hybridized carbons (Fsp3) is 0.318. The van der Waals surface area contributed by atoms with Crippen molar-refractivity contribution < 1.29 is 17.9 Å². The Morgan fingerprint density at radius 2 is 1.66 bits per heavy atom. The van der Waals surface area contributed by atoms with Crippen LogP contribution in [0.25, 0.3) is 6.08 Å². The number of para-hydroxylation sites is 1. The first-order valence-electron chi connectivity index (χ1n) is 9.71. The van der Waals surface area contributed by atoms with E-state index in [1.807, 2.05) is 61.5 Å². The summed E-state index contributed by atoms with van der Waals surface area (Å²) in [4.78, 5) is 14.1. The van der Waals surface area contributed by atoms with E-state index < -0.39 is 10.0 Å². The molecule has 2 aromatic rings. The summed E-state index contributed by atoms with van der Waals surface area (Å²) in [5, 5.41) is 1.23. The number of carbonyl (C=O) groups is 1. The van der Waals surface area contributed by atoms with Gasteiger partial charge < -0.3 is 9.64 Å². The first kappa shape index (κ1) is 21.1. The predicted molar refractivity (Wildman–Crippen MR) is 114 cm³/mol. The highest BCUT2D eigenvalue weighted by molar-refractivity contribution is 7.92. The molecule has 0 unspecified atom stereocenters. The number of piperazine rings is 1. The fourth-order valence-electron chi connectivity index (χ4n) is 3.17. The molecule has 1 heterocycles. The molecule has 154 valence electrons. The Morgan fingerprint density at radius 3 is 2.34 bits per heavy atom. The first-order chi connectivity index (χ1) is 14.0. The Labute approximate surface area is 172 Å². The predicted octanol–water partition coefficient (Wildman–Crippen LogP) is 2.77. The number of nitrogens with zero attached hydrogens (tertiary/aromatic N) is 2. The zero-order valence-corrected chi connectivity index (χ0v) is 17.3. The van der Waals surface area contributed by atoms with Crippen LogP contribution < -0.4 is 4.74 Å². The number of hydrogen-bond donors (Lipinski definition) is 0. The molecule has 2 aromatic carbocycles. The van der Waals surface area contributed by atoms with E-state index in [4.69, 9.17) is 4.74 Å². The number of sulfonamides is 1. The van der Waals surface area contributed by atoms with E-state index in [0.717, 1.165) is 23.3 Å². The summed E-state index contributed by atoms with van der Waals surface area (Å²) < 4.78 is 32.2. The minimum Gasteiger partial charge on any atom is -0.483 e. The van der Waals surface area contributed by atoms with Crippen molar-refractivity contribution in [3.63, 3.8) is 0 Å². The smallest absolute Gasteiger partial charge is 0.260 e. The topological polar surface area (TPSA) is 66.9 Å². The van der Waals surface area contributed by atoms with Crippen molar-refractivity contribution in [3.05, 3.63) is 71.1 Å². The standard InChI is InChI=1S/C22H26N2O4S/c1-2-20-10-6-7-11-21(20)28-18-22(25)23-13-15-24(16-14-23)29(26,27)17-12-19-8-4-3-5-9-19/h3-12,17H,2,13-16,18H2,1H3/b17-12+. The first-order valence-corrected chi connectivity index (χ1v) is 11.2. The Hall–Kier alpha value is -2.64. The molecular weight excluding hydrogens is 388 g/mol. The van der Waals surface area contributed by atoms with Crippen molar-refractivity contribution in [2.75, 3.05) is 32.8 Å². The van der Waals surface area contributed by atoms with Crippen LogP contribution in [0.3, 0.4) is 0 Å². The van der Waals surface area contributed by atoms with Gasteiger partial charge in [0.1, 0.15) is 5.75 Å². The molecule has 0 N–H and O–H groups in total. The maximum Gasteiger partial charge on any atom is 0.260 e. The molecule has 0 radical (unpaired) electrons.